The van der Waals surface area contributed by atoms with Crippen molar-refractivity contribution >= 4 is 0 Å². The second-order valence-corrected chi connectivity index (χ2v) is 4.85. The highest BCUT2D eigenvalue weighted by atomic mass is 16.5. The minimum Gasteiger partial charge on any atom is -0.489 e. The first-order chi connectivity index (χ1) is 9.83. The number of pyridine rings is 1. The molecule has 0 amide bonds. The molecule has 1 heterocycles. The summed E-state index contributed by atoms with van der Waals surface area (Å²) in [6.45, 7) is 3.16. The Balaban J connectivity index is 1.93. The molecule has 0 unspecified atom stereocenters. The van der Waals surface area contributed by atoms with Crippen molar-refractivity contribution in [1.82, 2.24) is 4.98 Å². The van der Waals surface area contributed by atoms with Crippen LogP contribution < -0.4 is 10.5 Å². The zero-order valence-corrected chi connectivity index (χ0v) is 12.0. The summed E-state index contributed by atoms with van der Waals surface area (Å²) >= 11 is 0. The van der Waals surface area contributed by atoms with Crippen molar-refractivity contribution in [3.63, 3.8) is 0 Å². The fraction of sp³-hybridized carbons (Fsp3) is 0.353. The first-order valence-electron chi connectivity index (χ1n) is 7.18. The molecular weight excluding hydrogens is 248 g/mol. The van der Waals surface area contributed by atoms with Crippen molar-refractivity contribution in [1.29, 1.82) is 0 Å². The summed E-state index contributed by atoms with van der Waals surface area (Å²) in [6.07, 6.45) is 5.35. The molecule has 2 rings (SSSR count). The lowest BCUT2D eigenvalue weighted by molar-refractivity contribution is 0.304. The van der Waals surface area contributed by atoms with Crippen LogP contribution in [0, 0.1) is 0 Å². The Bertz CT molecular complexity index is 523. The van der Waals surface area contributed by atoms with Crippen LogP contribution in [-0.2, 0) is 19.6 Å². The maximum atomic E-state index is 5.80. The van der Waals surface area contributed by atoms with E-state index in [1.54, 1.807) is 6.20 Å². The van der Waals surface area contributed by atoms with Crippen LogP contribution in [0.1, 0.15) is 36.6 Å². The maximum absolute atomic E-state index is 5.80. The van der Waals surface area contributed by atoms with Gasteiger partial charge in [0.25, 0.3) is 0 Å². The minimum atomic E-state index is 0.440. The zero-order chi connectivity index (χ0) is 14.2. The monoisotopic (exact) mass is 270 g/mol. The number of hydrogen-bond donors (Lipinski definition) is 1. The first kappa shape index (κ1) is 14.5. The predicted octanol–water partition coefficient (Wildman–Crippen LogP) is 3.46. The normalized spacial score (nSPS) is 10.5. The smallest absolute Gasteiger partial charge is 0.119 e. The van der Waals surface area contributed by atoms with E-state index in [0.717, 1.165) is 23.4 Å². The highest BCUT2D eigenvalue weighted by Gasteiger charge is 2.02. The third-order valence-corrected chi connectivity index (χ3v) is 3.31. The van der Waals surface area contributed by atoms with Crippen LogP contribution in [0.4, 0.5) is 0 Å². The summed E-state index contributed by atoms with van der Waals surface area (Å²) in [5.74, 6) is 0.886. The van der Waals surface area contributed by atoms with Crippen LogP contribution >= 0.6 is 0 Å². The molecule has 0 aliphatic carbocycles. The zero-order valence-electron chi connectivity index (χ0n) is 12.0. The molecule has 0 spiro atoms. The van der Waals surface area contributed by atoms with E-state index in [-0.39, 0.29) is 0 Å². The summed E-state index contributed by atoms with van der Waals surface area (Å²) in [4.78, 5) is 4.25. The molecule has 1 aromatic heterocycles. The number of ether oxygens (including phenoxy) is 1. The van der Waals surface area contributed by atoms with E-state index in [1.807, 2.05) is 24.3 Å². The quantitative estimate of drug-likeness (QED) is 0.838. The number of nitrogens with two attached hydrogens (primary N) is 1. The second kappa shape index (κ2) is 7.65. The third kappa shape index (κ3) is 4.07. The van der Waals surface area contributed by atoms with Crippen molar-refractivity contribution < 1.29 is 4.74 Å². The molecule has 0 radical (unpaired) electrons. The largest absolute Gasteiger partial charge is 0.489 e. The van der Waals surface area contributed by atoms with Crippen LogP contribution in [0.5, 0.6) is 5.75 Å². The Morgan fingerprint density at radius 2 is 1.95 bits per heavy atom. The molecule has 0 aliphatic rings. The number of hydrogen-bond acceptors (Lipinski definition) is 3. The highest BCUT2D eigenvalue weighted by molar-refractivity contribution is 5.28. The van der Waals surface area contributed by atoms with Gasteiger partial charge in [-0.3, -0.25) is 4.98 Å². The van der Waals surface area contributed by atoms with E-state index in [4.69, 9.17) is 10.5 Å². The molecule has 1 aromatic carbocycles. The molecule has 0 bridgehead atoms. The Morgan fingerprint density at radius 3 is 2.65 bits per heavy atom. The minimum absolute atomic E-state index is 0.440. The summed E-state index contributed by atoms with van der Waals surface area (Å²) in [6, 6.07) is 12.2. The molecule has 3 nitrogen and oxygen atoms in total. The average molecular weight is 270 g/mol. The molecule has 0 saturated carbocycles. The molecule has 20 heavy (non-hydrogen) atoms. The number of benzene rings is 1. The molecule has 0 fully saturated rings. The van der Waals surface area contributed by atoms with Gasteiger partial charge in [0.05, 0.1) is 5.69 Å². The SMILES string of the molecule is CCCCc1ccc(OCc2cccnc2CN)cc1. The first-order valence-corrected chi connectivity index (χ1v) is 7.18. The molecule has 0 aliphatic heterocycles. The van der Waals surface area contributed by atoms with Gasteiger partial charge in [-0.2, -0.15) is 0 Å². The van der Waals surface area contributed by atoms with Gasteiger partial charge in [-0.25, -0.2) is 0 Å². The van der Waals surface area contributed by atoms with Crippen molar-refractivity contribution in [2.75, 3.05) is 0 Å². The number of unbranched alkanes of at least 4 members (excludes halogenated alkanes) is 1. The van der Waals surface area contributed by atoms with Gasteiger partial charge < -0.3 is 10.5 Å². The number of aromatic nitrogens is 1. The standard InChI is InChI=1S/C17H22N2O/c1-2-3-5-14-7-9-16(10-8-14)20-13-15-6-4-11-19-17(15)12-18/h4,6-11H,2-3,5,12-13,18H2,1H3. The molecule has 2 N–H and O–H groups in total. The number of rotatable bonds is 7. The lowest BCUT2D eigenvalue weighted by atomic mass is 10.1. The predicted molar refractivity (Wildman–Crippen MR) is 81.5 cm³/mol. The fourth-order valence-electron chi connectivity index (χ4n) is 2.08. The van der Waals surface area contributed by atoms with Crippen molar-refractivity contribution in [3.8, 4) is 5.75 Å². The second-order valence-electron chi connectivity index (χ2n) is 4.85. The van der Waals surface area contributed by atoms with Gasteiger partial charge in [0.15, 0.2) is 0 Å². The highest BCUT2D eigenvalue weighted by Crippen LogP contribution is 2.16. The van der Waals surface area contributed by atoms with Gasteiger partial charge in [0.2, 0.25) is 0 Å². The van der Waals surface area contributed by atoms with E-state index >= 15 is 0 Å². The van der Waals surface area contributed by atoms with Gasteiger partial charge >= 0.3 is 0 Å². The lowest BCUT2D eigenvalue weighted by Gasteiger charge is -2.09. The summed E-state index contributed by atoms with van der Waals surface area (Å²) < 4.78 is 5.80. The van der Waals surface area contributed by atoms with E-state index in [2.05, 4.69) is 24.0 Å². The van der Waals surface area contributed by atoms with Gasteiger partial charge in [0.1, 0.15) is 12.4 Å². The molecule has 0 saturated heterocycles. The van der Waals surface area contributed by atoms with Crippen LogP contribution in [0.3, 0.4) is 0 Å². The van der Waals surface area contributed by atoms with Gasteiger partial charge in [0, 0.05) is 18.3 Å². The summed E-state index contributed by atoms with van der Waals surface area (Å²) in [7, 11) is 0. The van der Waals surface area contributed by atoms with Crippen LogP contribution in [0.15, 0.2) is 42.6 Å². The summed E-state index contributed by atoms with van der Waals surface area (Å²) in [5.41, 5.74) is 8.97. The van der Waals surface area contributed by atoms with Crippen LogP contribution in [0.2, 0.25) is 0 Å². The maximum Gasteiger partial charge on any atom is 0.119 e. The Labute approximate surface area is 120 Å². The van der Waals surface area contributed by atoms with E-state index in [0.29, 0.717) is 13.2 Å². The molecule has 2 aromatic rings. The van der Waals surface area contributed by atoms with Crippen molar-refractivity contribution in [2.45, 2.75) is 39.3 Å². The summed E-state index contributed by atoms with van der Waals surface area (Å²) in [5, 5.41) is 0. The topological polar surface area (TPSA) is 48.1 Å². The molecule has 106 valence electrons. The van der Waals surface area contributed by atoms with E-state index < -0.39 is 0 Å². The van der Waals surface area contributed by atoms with E-state index in [9.17, 15) is 0 Å². The Hall–Kier alpha value is -1.87. The molecule has 3 heteroatoms. The van der Waals surface area contributed by atoms with Gasteiger partial charge in [-0.15, -0.1) is 0 Å². The number of aryl methyl sites for hydroxylation is 1. The average Bonchev–Trinajstić information content (AvgIpc) is 2.52. The van der Waals surface area contributed by atoms with E-state index in [1.165, 1.54) is 18.4 Å². The Morgan fingerprint density at radius 1 is 1.15 bits per heavy atom. The third-order valence-electron chi connectivity index (χ3n) is 3.31. The van der Waals surface area contributed by atoms with Crippen LogP contribution in [-0.4, -0.2) is 4.98 Å². The molecule has 0 atom stereocenters. The van der Waals surface area contributed by atoms with Gasteiger partial charge in [-0.05, 0) is 36.6 Å². The fourth-order valence-corrected chi connectivity index (χ4v) is 2.08. The van der Waals surface area contributed by atoms with Gasteiger partial charge in [-0.1, -0.05) is 31.5 Å². The molecular formula is C17H22N2O. The van der Waals surface area contributed by atoms with Crippen molar-refractivity contribution in [3.05, 3.63) is 59.4 Å². The Kier molecular flexibility index (Phi) is 5.56. The lowest BCUT2D eigenvalue weighted by Crippen LogP contribution is -2.06. The van der Waals surface area contributed by atoms with Crippen LogP contribution in [0.25, 0.3) is 0 Å². The number of nitrogens with zero attached hydrogens (tertiary/aromatic N) is 1. The van der Waals surface area contributed by atoms with Crippen molar-refractivity contribution in [2.24, 2.45) is 5.73 Å².